The molecule has 1 aromatic heterocycles. The summed E-state index contributed by atoms with van der Waals surface area (Å²) in [4.78, 5) is 40.5. The minimum atomic E-state index is -0.875. The summed E-state index contributed by atoms with van der Waals surface area (Å²) >= 11 is 0. The van der Waals surface area contributed by atoms with Gasteiger partial charge in [0, 0.05) is 29.1 Å². The minimum absolute atomic E-state index is 0.265. The molecule has 2 atom stereocenters. The fourth-order valence-electron chi connectivity index (χ4n) is 3.28. The van der Waals surface area contributed by atoms with Gasteiger partial charge < -0.3 is 20.4 Å². The molecule has 7 heteroatoms. The van der Waals surface area contributed by atoms with Gasteiger partial charge in [-0.2, -0.15) is 0 Å². The largest absolute Gasteiger partial charge is 0.467 e. The zero-order valence-corrected chi connectivity index (χ0v) is 17.2. The Morgan fingerprint density at radius 3 is 2.57 bits per heavy atom. The molecule has 2 aromatic carbocycles. The van der Waals surface area contributed by atoms with Gasteiger partial charge in [-0.15, -0.1) is 0 Å². The molecule has 3 rings (SSSR count). The van der Waals surface area contributed by atoms with Crippen molar-refractivity contribution in [1.82, 2.24) is 15.6 Å². The summed E-state index contributed by atoms with van der Waals surface area (Å²) in [6.45, 7) is 3.46. The second kappa shape index (κ2) is 9.26. The molecule has 0 aliphatic heterocycles. The lowest BCUT2D eigenvalue weighted by Gasteiger charge is -2.20. The van der Waals surface area contributed by atoms with E-state index in [1.165, 1.54) is 7.11 Å². The molecule has 3 N–H and O–H groups in total. The summed E-state index contributed by atoms with van der Waals surface area (Å²) in [7, 11) is 1.28. The lowest BCUT2D eigenvalue weighted by Crippen LogP contribution is -2.51. The number of hydrogen-bond acceptors (Lipinski definition) is 4. The van der Waals surface area contributed by atoms with E-state index < -0.39 is 24.0 Å². The predicted molar refractivity (Wildman–Crippen MR) is 114 cm³/mol. The third-order valence-electron chi connectivity index (χ3n) is 4.92. The fourth-order valence-corrected chi connectivity index (χ4v) is 3.28. The Bertz CT molecular complexity index is 1070. The van der Waals surface area contributed by atoms with Gasteiger partial charge in [0.1, 0.15) is 12.1 Å². The molecule has 0 saturated carbocycles. The fraction of sp³-hybridized carbons (Fsp3) is 0.261. The van der Waals surface area contributed by atoms with Gasteiger partial charge in [0.05, 0.1) is 7.11 Å². The van der Waals surface area contributed by atoms with Crippen molar-refractivity contribution in [1.29, 1.82) is 0 Å². The Labute approximate surface area is 174 Å². The second-order valence-corrected chi connectivity index (χ2v) is 7.21. The molecule has 0 aliphatic carbocycles. The number of ether oxygens (including phenoxy) is 1. The number of amides is 2. The highest BCUT2D eigenvalue weighted by Gasteiger charge is 2.26. The molecule has 0 aliphatic rings. The first-order valence-corrected chi connectivity index (χ1v) is 9.69. The van der Waals surface area contributed by atoms with Crippen LogP contribution in [0.15, 0.2) is 54.7 Å². The van der Waals surface area contributed by atoms with Crippen molar-refractivity contribution in [3.63, 3.8) is 0 Å². The molecule has 2 amide bonds. The van der Waals surface area contributed by atoms with Crippen molar-refractivity contribution < 1.29 is 19.1 Å². The van der Waals surface area contributed by atoms with Crippen LogP contribution in [0.25, 0.3) is 10.9 Å². The zero-order valence-electron chi connectivity index (χ0n) is 17.2. The Morgan fingerprint density at radius 1 is 1.07 bits per heavy atom. The van der Waals surface area contributed by atoms with Crippen LogP contribution in [-0.2, 0) is 20.7 Å². The number of para-hydroxylation sites is 1. The molecule has 0 unspecified atom stereocenters. The topological polar surface area (TPSA) is 100 Å². The number of benzene rings is 2. The highest BCUT2D eigenvalue weighted by molar-refractivity contribution is 5.98. The van der Waals surface area contributed by atoms with E-state index >= 15 is 0 Å². The Balaban J connectivity index is 1.69. The van der Waals surface area contributed by atoms with Crippen molar-refractivity contribution in [2.45, 2.75) is 32.4 Å². The summed E-state index contributed by atoms with van der Waals surface area (Å²) in [6, 6.07) is 13.1. The molecular weight excluding hydrogens is 382 g/mol. The van der Waals surface area contributed by atoms with Crippen molar-refractivity contribution in [2.24, 2.45) is 0 Å². The highest BCUT2D eigenvalue weighted by Crippen LogP contribution is 2.19. The van der Waals surface area contributed by atoms with Crippen LogP contribution in [0.3, 0.4) is 0 Å². The van der Waals surface area contributed by atoms with Crippen molar-refractivity contribution in [3.8, 4) is 0 Å². The van der Waals surface area contributed by atoms with Crippen LogP contribution in [0.4, 0.5) is 0 Å². The van der Waals surface area contributed by atoms with Gasteiger partial charge in [-0.1, -0.05) is 35.9 Å². The average molecular weight is 407 g/mol. The molecule has 0 saturated heterocycles. The molecule has 1 heterocycles. The van der Waals surface area contributed by atoms with E-state index in [1.54, 1.807) is 25.1 Å². The van der Waals surface area contributed by atoms with Crippen molar-refractivity contribution in [2.75, 3.05) is 7.11 Å². The highest BCUT2D eigenvalue weighted by atomic mass is 16.5. The first-order valence-electron chi connectivity index (χ1n) is 9.69. The van der Waals surface area contributed by atoms with Crippen LogP contribution in [0.2, 0.25) is 0 Å². The van der Waals surface area contributed by atoms with Crippen LogP contribution < -0.4 is 10.6 Å². The summed E-state index contributed by atoms with van der Waals surface area (Å²) in [5.74, 6) is -1.37. The second-order valence-electron chi connectivity index (χ2n) is 7.21. The lowest BCUT2D eigenvalue weighted by atomic mass is 10.0. The molecule has 0 radical (unpaired) electrons. The Hall–Kier alpha value is -3.61. The molecule has 30 heavy (non-hydrogen) atoms. The van der Waals surface area contributed by atoms with E-state index in [9.17, 15) is 14.4 Å². The number of rotatable bonds is 7. The number of H-pyrrole nitrogens is 1. The van der Waals surface area contributed by atoms with Crippen molar-refractivity contribution in [3.05, 3.63) is 71.4 Å². The standard InChI is InChI=1S/C23H25N3O4/c1-14-7-6-8-16(11-14)22(28)25-15(2)21(27)26-20(23(29)30-3)12-17-13-24-19-10-5-4-9-18(17)19/h4-11,13,15,20,24H,12H2,1-3H3,(H,25,28)(H,26,27)/t15-,20+/m1/s1. The van der Waals surface area contributed by atoms with Gasteiger partial charge in [-0.25, -0.2) is 4.79 Å². The first kappa shape index (κ1) is 21.1. The smallest absolute Gasteiger partial charge is 0.328 e. The summed E-state index contributed by atoms with van der Waals surface area (Å²) in [5, 5.41) is 6.33. The van der Waals surface area contributed by atoms with Crippen molar-refractivity contribution >= 4 is 28.7 Å². The number of carbonyl (C=O) groups excluding carboxylic acids is 3. The summed E-state index contributed by atoms with van der Waals surface area (Å²) < 4.78 is 4.87. The average Bonchev–Trinajstić information content (AvgIpc) is 3.15. The molecule has 0 bridgehead atoms. The van der Waals surface area contributed by atoms with E-state index in [1.807, 2.05) is 43.5 Å². The SMILES string of the molecule is COC(=O)[C@H](Cc1c[nH]c2ccccc12)NC(=O)[C@@H](C)NC(=O)c1cccc(C)c1. The summed E-state index contributed by atoms with van der Waals surface area (Å²) in [6.07, 6.45) is 2.08. The number of aromatic nitrogens is 1. The predicted octanol–water partition coefficient (Wildman–Crippen LogP) is 2.50. The third kappa shape index (κ3) is 4.86. The molecular formula is C23H25N3O4. The molecule has 3 aromatic rings. The van der Waals surface area contributed by atoms with E-state index in [4.69, 9.17) is 4.74 Å². The number of carbonyl (C=O) groups is 3. The molecule has 7 nitrogen and oxygen atoms in total. The molecule has 0 fully saturated rings. The quantitative estimate of drug-likeness (QED) is 0.524. The first-order chi connectivity index (χ1) is 14.4. The van der Waals surface area contributed by atoms with Gasteiger partial charge >= 0.3 is 5.97 Å². The number of hydrogen-bond donors (Lipinski definition) is 3. The normalized spacial score (nSPS) is 12.8. The van der Waals surface area contributed by atoms with Gasteiger partial charge in [-0.3, -0.25) is 9.59 Å². The summed E-state index contributed by atoms with van der Waals surface area (Å²) in [5.41, 5.74) is 3.25. The number of fused-ring (bicyclic) bond motifs is 1. The van der Waals surface area contributed by atoms with Gasteiger partial charge in [0.15, 0.2) is 0 Å². The van der Waals surface area contributed by atoms with Crippen LogP contribution >= 0.6 is 0 Å². The number of nitrogens with one attached hydrogen (secondary N) is 3. The maximum Gasteiger partial charge on any atom is 0.328 e. The Morgan fingerprint density at radius 2 is 1.83 bits per heavy atom. The van der Waals surface area contributed by atoms with Gasteiger partial charge in [-0.05, 0) is 37.6 Å². The minimum Gasteiger partial charge on any atom is -0.467 e. The number of aromatic amines is 1. The molecule has 0 spiro atoms. The Kier molecular flexibility index (Phi) is 6.51. The maximum absolute atomic E-state index is 12.7. The van der Waals surface area contributed by atoms with Crippen LogP contribution in [0.5, 0.6) is 0 Å². The van der Waals surface area contributed by atoms with E-state index in [-0.39, 0.29) is 12.3 Å². The van der Waals surface area contributed by atoms with E-state index in [2.05, 4.69) is 15.6 Å². The number of esters is 1. The van der Waals surface area contributed by atoms with Gasteiger partial charge in [0.2, 0.25) is 5.91 Å². The van der Waals surface area contributed by atoms with E-state index in [0.29, 0.717) is 5.56 Å². The van der Waals surface area contributed by atoms with Gasteiger partial charge in [0.25, 0.3) is 5.91 Å². The number of methoxy groups -OCH3 is 1. The maximum atomic E-state index is 12.7. The zero-order chi connectivity index (χ0) is 21.7. The van der Waals surface area contributed by atoms with Crippen LogP contribution in [-0.4, -0.2) is 42.0 Å². The van der Waals surface area contributed by atoms with E-state index in [0.717, 1.165) is 22.0 Å². The van der Waals surface area contributed by atoms with Crippen LogP contribution in [0.1, 0.15) is 28.4 Å². The molecule has 156 valence electrons. The monoisotopic (exact) mass is 407 g/mol. The third-order valence-corrected chi connectivity index (χ3v) is 4.92. The van der Waals surface area contributed by atoms with Crippen LogP contribution in [0, 0.1) is 6.92 Å². The number of aryl methyl sites for hydroxylation is 1. The lowest BCUT2D eigenvalue weighted by molar-refractivity contribution is -0.145.